The minimum Gasteiger partial charge on any atom is -0.326 e. The van der Waals surface area contributed by atoms with E-state index in [4.69, 9.17) is 0 Å². The van der Waals surface area contributed by atoms with Crippen molar-refractivity contribution in [2.75, 3.05) is 18.4 Å². The molecule has 0 saturated carbocycles. The molecular weight excluding hydrogens is 356 g/mol. The van der Waals surface area contributed by atoms with Crippen LogP contribution < -0.4 is 5.32 Å². The number of benzene rings is 1. The molecule has 1 saturated heterocycles. The molecule has 0 unspecified atom stereocenters. The summed E-state index contributed by atoms with van der Waals surface area (Å²) in [7, 11) is -3.50. The first-order valence-corrected chi connectivity index (χ1v) is 10.6. The van der Waals surface area contributed by atoms with E-state index in [9.17, 15) is 13.2 Å². The van der Waals surface area contributed by atoms with Crippen molar-refractivity contribution in [2.45, 2.75) is 30.9 Å². The molecule has 5 nitrogen and oxygen atoms in total. The van der Waals surface area contributed by atoms with Crippen LogP contribution >= 0.6 is 11.3 Å². The van der Waals surface area contributed by atoms with Crippen LogP contribution in [0.3, 0.4) is 0 Å². The third-order valence-corrected chi connectivity index (χ3v) is 7.57. The Morgan fingerprint density at radius 3 is 2.60 bits per heavy atom. The van der Waals surface area contributed by atoms with Crippen molar-refractivity contribution in [2.24, 2.45) is 5.92 Å². The lowest BCUT2D eigenvalue weighted by atomic mass is 9.98. The minimum atomic E-state index is -3.50. The number of nitrogens with one attached hydrogen (secondary N) is 1. The molecule has 1 amide bonds. The van der Waals surface area contributed by atoms with Gasteiger partial charge in [0.2, 0.25) is 5.91 Å². The van der Waals surface area contributed by atoms with Crippen molar-refractivity contribution in [1.29, 1.82) is 0 Å². The van der Waals surface area contributed by atoms with Crippen LogP contribution in [0, 0.1) is 19.8 Å². The van der Waals surface area contributed by atoms with E-state index in [0.29, 0.717) is 23.6 Å². The highest BCUT2D eigenvalue weighted by Crippen LogP contribution is 2.27. The number of sulfonamides is 1. The Morgan fingerprint density at radius 2 is 1.96 bits per heavy atom. The summed E-state index contributed by atoms with van der Waals surface area (Å²) >= 11 is 1.21. The summed E-state index contributed by atoms with van der Waals surface area (Å²) in [4.78, 5) is 12.6. The van der Waals surface area contributed by atoms with Gasteiger partial charge in [0, 0.05) is 18.8 Å². The van der Waals surface area contributed by atoms with Crippen molar-refractivity contribution in [1.82, 2.24) is 4.31 Å². The molecule has 1 aromatic carbocycles. The molecular formula is C18H22N2O3S2. The largest absolute Gasteiger partial charge is 0.326 e. The zero-order valence-electron chi connectivity index (χ0n) is 14.4. The lowest BCUT2D eigenvalue weighted by Crippen LogP contribution is -2.43. The third-order valence-electron chi connectivity index (χ3n) is 4.33. The van der Waals surface area contributed by atoms with Gasteiger partial charge in [0.25, 0.3) is 10.0 Å². The van der Waals surface area contributed by atoms with Crippen LogP contribution in [-0.2, 0) is 14.8 Å². The highest BCUT2D eigenvalue weighted by Gasteiger charge is 2.33. The quantitative estimate of drug-likeness (QED) is 0.887. The molecule has 0 bridgehead atoms. The van der Waals surface area contributed by atoms with Crippen molar-refractivity contribution in [3.8, 4) is 0 Å². The molecule has 25 heavy (non-hydrogen) atoms. The summed E-state index contributed by atoms with van der Waals surface area (Å²) in [6, 6.07) is 9.23. The molecule has 0 aliphatic carbocycles. The number of nitrogens with zero attached hydrogens (tertiary/aromatic N) is 1. The van der Waals surface area contributed by atoms with E-state index in [0.717, 1.165) is 16.8 Å². The molecule has 134 valence electrons. The maximum absolute atomic E-state index is 12.7. The topological polar surface area (TPSA) is 66.5 Å². The van der Waals surface area contributed by atoms with Crippen LogP contribution in [0.5, 0.6) is 0 Å². The Balaban J connectivity index is 1.71. The number of hydrogen-bond acceptors (Lipinski definition) is 4. The molecule has 0 spiro atoms. The zero-order valence-corrected chi connectivity index (χ0v) is 16.0. The Morgan fingerprint density at radius 1 is 1.24 bits per heavy atom. The number of thiophene rings is 1. The smallest absolute Gasteiger partial charge is 0.252 e. The first-order valence-electron chi connectivity index (χ1n) is 8.29. The number of rotatable bonds is 4. The normalized spacial score (nSPS) is 18.9. The second kappa shape index (κ2) is 7.27. The Labute approximate surface area is 152 Å². The number of amides is 1. The number of hydrogen-bond donors (Lipinski definition) is 1. The predicted octanol–water partition coefficient (Wildman–Crippen LogP) is 3.40. The summed E-state index contributed by atoms with van der Waals surface area (Å²) in [5.74, 6) is -0.444. The molecule has 0 radical (unpaired) electrons. The lowest BCUT2D eigenvalue weighted by Gasteiger charge is -2.30. The van der Waals surface area contributed by atoms with E-state index >= 15 is 0 Å². The first-order chi connectivity index (χ1) is 11.9. The number of carbonyl (C=O) groups excluding carboxylic acids is 1. The van der Waals surface area contributed by atoms with E-state index < -0.39 is 10.0 Å². The average Bonchev–Trinajstić information content (AvgIpc) is 3.09. The maximum atomic E-state index is 12.7. The van der Waals surface area contributed by atoms with Gasteiger partial charge in [-0.3, -0.25) is 4.79 Å². The van der Waals surface area contributed by atoms with Gasteiger partial charge < -0.3 is 5.32 Å². The highest BCUT2D eigenvalue weighted by atomic mass is 32.2. The Kier molecular flexibility index (Phi) is 5.27. The summed E-state index contributed by atoms with van der Waals surface area (Å²) in [5, 5.41) is 4.69. The SMILES string of the molecule is Cc1cc(C)cc(NC(=O)[C@@H]2CCCN(S(=O)(=O)c3cccs3)C2)c1. The fourth-order valence-corrected chi connectivity index (χ4v) is 5.87. The van der Waals surface area contributed by atoms with Crippen LogP contribution in [0.4, 0.5) is 5.69 Å². The minimum absolute atomic E-state index is 0.115. The van der Waals surface area contributed by atoms with Crippen molar-refractivity contribution in [3.05, 3.63) is 46.8 Å². The van der Waals surface area contributed by atoms with E-state index in [-0.39, 0.29) is 18.4 Å². The van der Waals surface area contributed by atoms with Crippen LogP contribution in [-0.4, -0.2) is 31.7 Å². The molecule has 1 fully saturated rings. The number of carbonyl (C=O) groups is 1. The second-order valence-corrected chi connectivity index (χ2v) is 9.61. The maximum Gasteiger partial charge on any atom is 0.252 e. The van der Waals surface area contributed by atoms with E-state index in [1.807, 2.05) is 32.0 Å². The first kappa shape index (κ1) is 18.1. The van der Waals surface area contributed by atoms with Gasteiger partial charge in [-0.05, 0) is 61.4 Å². The number of aryl methyl sites for hydroxylation is 2. The van der Waals surface area contributed by atoms with Gasteiger partial charge >= 0.3 is 0 Å². The predicted molar refractivity (Wildman–Crippen MR) is 100 cm³/mol. The van der Waals surface area contributed by atoms with E-state index in [1.165, 1.54) is 15.6 Å². The standard InChI is InChI=1S/C18H22N2O3S2/c1-13-9-14(2)11-16(10-13)19-18(21)15-5-3-7-20(12-15)25(22,23)17-6-4-8-24-17/h4,6,8-11,15H,3,5,7,12H2,1-2H3,(H,19,21)/t15-/m1/s1. The summed E-state index contributed by atoms with van der Waals surface area (Å²) in [6.07, 6.45) is 1.39. The van der Waals surface area contributed by atoms with Crippen LogP contribution in [0.1, 0.15) is 24.0 Å². The lowest BCUT2D eigenvalue weighted by molar-refractivity contribution is -0.120. The fourth-order valence-electron chi connectivity index (χ4n) is 3.20. The van der Waals surface area contributed by atoms with Gasteiger partial charge in [-0.15, -0.1) is 11.3 Å². The molecule has 2 aromatic rings. The summed E-state index contributed by atoms with van der Waals surface area (Å²) in [5.41, 5.74) is 2.93. The molecule has 1 aromatic heterocycles. The fraction of sp³-hybridized carbons (Fsp3) is 0.389. The van der Waals surface area contributed by atoms with Crippen LogP contribution in [0.2, 0.25) is 0 Å². The van der Waals surface area contributed by atoms with Crippen molar-refractivity contribution < 1.29 is 13.2 Å². The molecule has 1 N–H and O–H groups in total. The van der Waals surface area contributed by atoms with Crippen molar-refractivity contribution >= 4 is 33.0 Å². The van der Waals surface area contributed by atoms with Crippen molar-refractivity contribution in [3.63, 3.8) is 0 Å². The molecule has 1 aliphatic heterocycles. The van der Waals surface area contributed by atoms with Gasteiger partial charge in [-0.2, -0.15) is 4.31 Å². The summed E-state index contributed by atoms with van der Waals surface area (Å²) < 4.78 is 27.1. The second-order valence-electron chi connectivity index (χ2n) is 6.50. The van der Waals surface area contributed by atoms with Gasteiger partial charge in [0.15, 0.2) is 0 Å². The molecule has 1 atom stereocenters. The van der Waals surface area contributed by atoms with Crippen LogP contribution in [0.15, 0.2) is 39.9 Å². The number of anilines is 1. The average molecular weight is 379 g/mol. The van der Waals surface area contributed by atoms with Gasteiger partial charge in [-0.1, -0.05) is 12.1 Å². The Hall–Kier alpha value is -1.70. The van der Waals surface area contributed by atoms with Crippen LogP contribution in [0.25, 0.3) is 0 Å². The Bertz CT molecular complexity index is 840. The zero-order chi connectivity index (χ0) is 18.0. The third kappa shape index (κ3) is 4.11. The molecule has 2 heterocycles. The highest BCUT2D eigenvalue weighted by molar-refractivity contribution is 7.91. The van der Waals surface area contributed by atoms with Gasteiger partial charge in [0.05, 0.1) is 5.92 Å². The van der Waals surface area contributed by atoms with Gasteiger partial charge in [0.1, 0.15) is 4.21 Å². The molecule has 3 rings (SSSR count). The van der Waals surface area contributed by atoms with E-state index in [1.54, 1.807) is 17.5 Å². The molecule has 1 aliphatic rings. The monoisotopic (exact) mass is 378 g/mol. The summed E-state index contributed by atoms with van der Waals surface area (Å²) in [6.45, 7) is 4.67. The molecule has 7 heteroatoms. The van der Waals surface area contributed by atoms with E-state index in [2.05, 4.69) is 5.32 Å². The number of piperidine rings is 1. The van der Waals surface area contributed by atoms with Gasteiger partial charge in [-0.25, -0.2) is 8.42 Å².